The molecular weight excluding hydrogens is 438 g/mol. The first-order valence-corrected chi connectivity index (χ1v) is 11.9. The second kappa shape index (κ2) is 9.99. The van der Waals surface area contributed by atoms with Crippen LogP contribution in [0.5, 0.6) is 5.75 Å². The zero-order valence-corrected chi connectivity index (χ0v) is 20.0. The molecule has 2 fully saturated rings. The molecule has 2 atom stereocenters. The lowest BCUT2D eigenvalue weighted by Crippen LogP contribution is -2.29. The Hall–Kier alpha value is -3.17. The number of carboxylic acid groups (broad SMARTS) is 1. The van der Waals surface area contributed by atoms with E-state index >= 15 is 0 Å². The zero-order valence-electron chi connectivity index (χ0n) is 20.0. The molecule has 10 heteroatoms. The normalized spacial score (nSPS) is 21.0. The maximum absolute atomic E-state index is 12.1. The van der Waals surface area contributed by atoms with Crippen molar-refractivity contribution in [1.82, 2.24) is 25.3 Å². The number of alkyl carbamates (subject to hydrolysis) is 1. The quantitative estimate of drug-likeness (QED) is 0.567. The highest BCUT2D eigenvalue weighted by molar-refractivity contribution is 5.70. The molecule has 10 nitrogen and oxygen atoms in total. The minimum Gasteiger partial charge on any atom is -0.489 e. The summed E-state index contributed by atoms with van der Waals surface area (Å²) in [6, 6.07) is 3.64. The number of aliphatic carboxylic acids is 1. The monoisotopic (exact) mass is 471 g/mol. The molecule has 2 heterocycles. The molecule has 0 bridgehead atoms. The van der Waals surface area contributed by atoms with Crippen molar-refractivity contribution in [2.24, 2.45) is 18.4 Å². The van der Waals surface area contributed by atoms with Gasteiger partial charge in [-0.25, -0.2) is 14.5 Å². The Morgan fingerprint density at radius 1 is 1.29 bits per heavy atom. The highest BCUT2D eigenvalue weighted by atomic mass is 16.5. The smallest absolute Gasteiger partial charge is 0.407 e. The lowest BCUT2D eigenvalue weighted by atomic mass is 9.87. The van der Waals surface area contributed by atoms with Crippen LogP contribution in [0.15, 0.2) is 12.1 Å². The van der Waals surface area contributed by atoms with Gasteiger partial charge in [0, 0.05) is 7.05 Å². The molecule has 0 radical (unpaired) electrons. The fourth-order valence-corrected chi connectivity index (χ4v) is 4.29. The fourth-order valence-electron chi connectivity index (χ4n) is 4.29. The zero-order chi connectivity index (χ0) is 24.3. The molecule has 1 amide bonds. The first-order valence-electron chi connectivity index (χ1n) is 11.9. The molecule has 34 heavy (non-hydrogen) atoms. The molecule has 2 aliphatic carbocycles. The first-order chi connectivity index (χ1) is 16.2. The van der Waals surface area contributed by atoms with Crippen LogP contribution in [0, 0.1) is 18.3 Å². The number of aryl methyl sites for hydroxylation is 2. The van der Waals surface area contributed by atoms with Crippen molar-refractivity contribution in [2.75, 3.05) is 6.61 Å². The molecule has 2 aliphatic rings. The van der Waals surface area contributed by atoms with Crippen LogP contribution in [0.25, 0.3) is 11.4 Å². The van der Waals surface area contributed by atoms with Crippen molar-refractivity contribution in [1.29, 1.82) is 0 Å². The molecule has 2 N–H and O–H groups in total. The maximum atomic E-state index is 12.1. The lowest BCUT2D eigenvalue weighted by molar-refractivity contribution is -0.143. The average molecular weight is 472 g/mol. The van der Waals surface area contributed by atoms with Crippen LogP contribution in [0.2, 0.25) is 0 Å². The van der Waals surface area contributed by atoms with Gasteiger partial charge in [-0.2, -0.15) is 0 Å². The molecule has 0 unspecified atom stereocenters. The second-order valence-electron chi connectivity index (χ2n) is 9.78. The summed E-state index contributed by atoms with van der Waals surface area (Å²) in [6.07, 6.45) is 5.55. The summed E-state index contributed by atoms with van der Waals surface area (Å²) in [4.78, 5) is 28.1. The summed E-state index contributed by atoms with van der Waals surface area (Å²) >= 11 is 0. The number of hydrogen-bond donors (Lipinski definition) is 2. The van der Waals surface area contributed by atoms with Gasteiger partial charge in [-0.15, -0.1) is 5.10 Å². The maximum Gasteiger partial charge on any atom is 0.407 e. The number of carbonyl (C=O) groups is 2. The number of hydrogen-bond acceptors (Lipinski definition) is 7. The Balaban J connectivity index is 1.37. The lowest BCUT2D eigenvalue weighted by Gasteiger charge is -2.27. The Labute approximate surface area is 199 Å². The summed E-state index contributed by atoms with van der Waals surface area (Å²) < 4.78 is 13.0. The highest BCUT2D eigenvalue weighted by Crippen LogP contribution is 2.47. The van der Waals surface area contributed by atoms with Crippen molar-refractivity contribution in [2.45, 2.75) is 71.4 Å². The third-order valence-electron chi connectivity index (χ3n) is 6.93. The van der Waals surface area contributed by atoms with E-state index in [2.05, 4.69) is 27.5 Å². The Bertz CT molecular complexity index is 1050. The van der Waals surface area contributed by atoms with Gasteiger partial charge in [0.2, 0.25) is 0 Å². The van der Waals surface area contributed by atoms with Crippen LogP contribution in [0.4, 0.5) is 4.79 Å². The van der Waals surface area contributed by atoms with E-state index in [4.69, 9.17) is 9.47 Å². The SMILES string of the molecule is Cc1nc(-c2nnn(C)c2CNC(=O)OCCC2(C)CC2)ccc1O[C@H]1CCC[C@H](C(=O)O)C1. The van der Waals surface area contributed by atoms with Crippen molar-refractivity contribution in [3.8, 4) is 17.1 Å². The van der Waals surface area contributed by atoms with Gasteiger partial charge < -0.3 is 19.9 Å². The van der Waals surface area contributed by atoms with Gasteiger partial charge in [0.1, 0.15) is 11.4 Å². The summed E-state index contributed by atoms with van der Waals surface area (Å²) in [5, 5.41) is 20.4. The Kier molecular flexibility index (Phi) is 7.04. The van der Waals surface area contributed by atoms with E-state index in [-0.39, 0.29) is 18.6 Å². The number of carboxylic acids is 1. The number of ether oxygens (including phenoxy) is 2. The third kappa shape index (κ3) is 5.84. The van der Waals surface area contributed by atoms with E-state index in [1.54, 1.807) is 11.7 Å². The van der Waals surface area contributed by atoms with Crippen LogP contribution >= 0.6 is 0 Å². The Morgan fingerprint density at radius 3 is 2.79 bits per heavy atom. The van der Waals surface area contributed by atoms with Crippen LogP contribution in [-0.2, 0) is 23.1 Å². The predicted molar refractivity (Wildman–Crippen MR) is 123 cm³/mol. The number of carbonyl (C=O) groups excluding carboxylic acids is 1. The molecular formula is C24H33N5O5. The number of rotatable bonds is 9. The minimum atomic E-state index is -0.761. The second-order valence-corrected chi connectivity index (χ2v) is 9.78. The van der Waals surface area contributed by atoms with E-state index in [9.17, 15) is 14.7 Å². The van der Waals surface area contributed by atoms with Gasteiger partial charge in [-0.3, -0.25) is 4.79 Å². The van der Waals surface area contributed by atoms with E-state index in [0.29, 0.717) is 53.4 Å². The van der Waals surface area contributed by atoms with Gasteiger partial charge in [0.05, 0.1) is 42.3 Å². The van der Waals surface area contributed by atoms with Crippen molar-refractivity contribution < 1.29 is 24.2 Å². The summed E-state index contributed by atoms with van der Waals surface area (Å²) in [5.74, 6) is -0.482. The summed E-state index contributed by atoms with van der Waals surface area (Å²) in [7, 11) is 1.76. The van der Waals surface area contributed by atoms with Crippen LogP contribution in [-0.4, -0.2) is 49.9 Å². The van der Waals surface area contributed by atoms with E-state index in [0.717, 1.165) is 19.3 Å². The number of amides is 1. The third-order valence-corrected chi connectivity index (χ3v) is 6.93. The van der Waals surface area contributed by atoms with Crippen molar-refractivity contribution >= 4 is 12.1 Å². The van der Waals surface area contributed by atoms with Crippen molar-refractivity contribution in [3.05, 3.63) is 23.5 Å². The molecule has 4 rings (SSSR count). The Morgan fingerprint density at radius 2 is 2.09 bits per heavy atom. The number of nitrogens with zero attached hydrogens (tertiary/aromatic N) is 4. The van der Waals surface area contributed by atoms with Gasteiger partial charge in [-0.1, -0.05) is 12.1 Å². The predicted octanol–water partition coefficient (Wildman–Crippen LogP) is 3.62. The molecule has 0 spiro atoms. The molecule has 2 aromatic rings. The van der Waals surface area contributed by atoms with Gasteiger partial charge in [0.25, 0.3) is 0 Å². The first kappa shape index (κ1) is 24.0. The molecule has 0 aromatic carbocycles. The number of aromatic nitrogens is 4. The highest BCUT2D eigenvalue weighted by Gasteiger charge is 2.36. The topological polar surface area (TPSA) is 128 Å². The van der Waals surface area contributed by atoms with Gasteiger partial charge >= 0.3 is 12.1 Å². The van der Waals surface area contributed by atoms with E-state index in [1.807, 2.05) is 19.1 Å². The van der Waals surface area contributed by atoms with Crippen LogP contribution in [0.1, 0.15) is 63.3 Å². The summed E-state index contributed by atoms with van der Waals surface area (Å²) in [5.41, 5.74) is 2.94. The standard InChI is InChI=1S/C24H33N5O5/c1-15-20(34-17-6-4-5-16(13-17)22(30)31)8-7-18(26-15)21-19(29(3)28-27-21)14-25-23(32)33-12-11-24(2)9-10-24/h7-8,16-17H,4-6,9-14H2,1-3H3,(H,25,32)(H,30,31)/t16-,17-/m0/s1. The van der Waals surface area contributed by atoms with E-state index < -0.39 is 12.1 Å². The fraction of sp³-hybridized carbons (Fsp3) is 0.625. The molecule has 0 aliphatic heterocycles. The van der Waals surface area contributed by atoms with Crippen LogP contribution < -0.4 is 10.1 Å². The van der Waals surface area contributed by atoms with Crippen molar-refractivity contribution in [3.63, 3.8) is 0 Å². The van der Waals surface area contributed by atoms with Crippen LogP contribution in [0.3, 0.4) is 0 Å². The number of pyridine rings is 1. The van der Waals surface area contributed by atoms with E-state index in [1.165, 1.54) is 12.8 Å². The molecule has 2 saturated carbocycles. The van der Waals surface area contributed by atoms with Gasteiger partial charge in [0.15, 0.2) is 0 Å². The minimum absolute atomic E-state index is 0.133. The number of nitrogens with one attached hydrogen (secondary N) is 1. The molecule has 184 valence electrons. The average Bonchev–Trinajstić information content (AvgIpc) is 3.42. The molecule has 0 saturated heterocycles. The van der Waals surface area contributed by atoms with Gasteiger partial charge in [-0.05, 0) is 69.4 Å². The molecule has 2 aromatic heterocycles. The summed E-state index contributed by atoms with van der Waals surface area (Å²) in [6.45, 7) is 4.68. The largest absolute Gasteiger partial charge is 0.489 e.